The first kappa shape index (κ1) is 9.05. The molecule has 1 N–H and O–H groups in total. The van der Waals surface area contributed by atoms with Gasteiger partial charge in [0.2, 0.25) is 0 Å². The molecule has 0 radical (unpaired) electrons. The highest BCUT2D eigenvalue weighted by Crippen LogP contribution is 2.32. The smallest absolute Gasteiger partial charge is 0.0568 e. The third-order valence-electron chi connectivity index (χ3n) is 3.14. The fraction of sp³-hybridized carbons (Fsp3) is 1.00. The van der Waals surface area contributed by atoms with Crippen molar-refractivity contribution >= 4 is 0 Å². The van der Waals surface area contributed by atoms with E-state index in [9.17, 15) is 5.11 Å². The normalized spacial score (nSPS) is 39.5. The second-order valence-corrected chi connectivity index (χ2v) is 4.36. The van der Waals surface area contributed by atoms with Crippen molar-refractivity contribution in [2.24, 2.45) is 17.8 Å². The summed E-state index contributed by atoms with van der Waals surface area (Å²) in [6, 6.07) is 0. The van der Waals surface area contributed by atoms with Gasteiger partial charge in [-0.1, -0.05) is 20.8 Å². The minimum atomic E-state index is -0.0313. The summed E-state index contributed by atoms with van der Waals surface area (Å²) in [5.74, 6) is 2.04. The molecule has 0 aromatic heterocycles. The lowest BCUT2D eigenvalue weighted by molar-refractivity contribution is 0.0410. The molecule has 0 amide bonds. The third kappa shape index (κ3) is 2.19. The second-order valence-electron chi connectivity index (χ2n) is 4.36. The van der Waals surface area contributed by atoms with Gasteiger partial charge in [-0.3, -0.25) is 0 Å². The fourth-order valence-electron chi connectivity index (χ4n) is 1.94. The Kier molecular flexibility index (Phi) is 2.94. The number of hydrogen-bond donors (Lipinski definition) is 1. The summed E-state index contributed by atoms with van der Waals surface area (Å²) in [4.78, 5) is 0. The SMILES string of the molecule is CC(C)[C@@H]1CCC(C)[C@H](O)C1. The van der Waals surface area contributed by atoms with Crippen molar-refractivity contribution in [1.29, 1.82) is 0 Å². The average Bonchev–Trinajstić information content (AvgIpc) is 1.94. The second kappa shape index (κ2) is 3.57. The van der Waals surface area contributed by atoms with Crippen LogP contribution >= 0.6 is 0 Å². The van der Waals surface area contributed by atoms with Crippen LogP contribution in [0.3, 0.4) is 0 Å². The van der Waals surface area contributed by atoms with Gasteiger partial charge in [-0.2, -0.15) is 0 Å². The summed E-state index contributed by atoms with van der Waals surface area (Å²) in [6.45, 7) is 6.67. The van der Waals surface area contributed by atoms with Crippen molar-refractivity contribution in [2.45, 2.75) is 46.1 Å². The lowest BCUT2D eigenvalue weighted by atomic mass is 9.76. The van der Waals surface area contributed by atoms with Crippen LogP contribution in [0.25, 0.3) is 0 Å². The molecule has 0 aliphatic heterocycles. The molecule has 1 aliphatic rings. The summed E-state index contributed by atoms with van der Waals surface area (Å²) >= 11 is 0. The topological polar surface area (TPSA) is 20.2 Å². The lowest BCUT2D eigenvalue weighted by Gasteiger charge is -2.33. The van der Waals surface area contributed by atoms with Crippen LogP contribution in [-0.4, -0.2) is 11.2 Å². The first-order valence-electron chi connectivity index (χ1n) is 4.79. The van der Waals surface area contributed by atoms with E-state index in [1.165, 1.54) is 12.8 Å². The van der Waals surface area contributed by atoms with Crippen molar-refractivity contribution in [3.05, 3.63) is 0 Å². The third-order valence-corrected chi connectivity index (χ3v) is 3.14. The fourth-order valence-corrected chi connectivity index (χ4v) is 1.94. The van der Waals surface area contributed by atoms with Crippen LogP contribution in [0.1, 0.15) is 40.0 Å². The van der Waals surface area contributed by atoms with Crippen molar-refractivity contribution in [3.63, 3.8) is 0 Å². The lowest BCUT2D eigenvalue weighted by Crippen LogP contribution is -2.29. The van der Waals surface area contributed by atoms with Gasteiger partial charge in [0.25, 0.3) is 0 Å². The minimum absolute atomic E-state index is 0.0313. The molecule has 0 spiro atoms. The minimum Gasteiger partial charge on any atom is -0.393 e. The molecule has 1 aliphatic carbocycles. The number of hydrogen-bond acceptors (Lipinski definition) is 1. The van der Waals surface area contributed by atoms with E-state index in [0.717, 1.165) is 18.3 Å². The van der Waals surface area contributed by atoms with E-state index in [2.05, 4.69) is 20.8 Å². The highest BCUT2D eigenvalue weighted by Gasteiger charge is 2.27. The van der Waals surface area contributed by atoms with Gasteiger partial charge in [-0.15, -0.1) is 0 Å². The van der Waals surface area contributed by atoms with Gasteiger partial charge in [0.15, 0.2) is 0 Å². The molecule has 1 heteroatoms. The van der Waals surface area contributed by atoms with E-state index in [1.807, 2.05) is 0 Å². The Balaban J connectivity index is 2.40. The molecule has 66 valence electrons. The Morgan fingerprint density at radius 3 is 2.36 bits per heavy atom. The van der Waals surface area contributed by atoms with Crippen LogP contribution in [0.15, 0.2) is 0 Å². The van der Waals surface area contributed by atoms with Crippen LogP contribution in [-0.2, 0) is 0 Å². The monoisotopic (exact) mass is 156 g/mol. The molecular weight excluding hydrogens is 136 g/mol. The van der Waals surface area contributed by atoms with E-state index in [0.29, 0.717) is 5.92 Å². The molecule has 1 nitrogen and oxygen atoms in total. The first-order valence-corrected chi connectivity index (χ1v) is 4.79. The summed E-state index contributed by atoms with van der Waals surface area (Å²) in [5.41, 5.74) is 0. The van der Waals surface area contributed by atoms with E-state index < -0.39 is 0 Å². The van der Waals surface area contributed by atoms with Gasteiger partial charge in [0.05, 0.1) is 6.10 Å². The van der Waals surface area contributed by atoms with E-state index >= 15 is 0 Å². The maximum atomic E-state index is 9.60. The Labute approximate surface area is 69.8 Å². The summed E-state index contributed by atoms with van der Waals surface area (Å²) in [5, 5.41) is 9.60. The zero-order valence-electron chi connectivity index (χ0n) is 7.88. The van der Waals surface area contributed by atoms with Gasteiger partial charge in [-0.05, 0) is 37.0 Å². The molecule has 1 unspecified atom stereocenters. The molecular formula is C10H20O. The molecule has 1 saturated carbocycles. The standard InChI is InChI=1S/C10H20O/c1-7(2)9-5-4-8(3)10(11)6-9/h7-11H,4-6H2,1-3H3/t8?,9-,10-/m1/s1. The first-order chi connectivity index (χ1) is 5.11. The van der Waals surface area contributed by atoms with Crippen LogP contribution in [0, 0.1) is 17.8 Å². The Morgan fingerprint density at radius 1 is 1.27 bits per heavy atom. The zero-order chi connectivity index (χ0) is 8.43. The van der Waals surface area contributed by atoms with Gasteiger partial charge in [0, 0.05) is 0 Å². The number of aliphatic hydroxyl groups is 1. The summed E-state index contributed by atoms with van der Waals surface area (Å²) < 4.78 is 0. The van der Waals surface area contributed by atoms with Crippen molar-refractivity contribution in [1.82, 2.24) is 0 Å². The molecule has 11 heavy (non-hydrogen) atoms. The quantitative estimate of drug-likeness (QED) is 0.618. The highest BCUT2D eigenvalue weighted by molar-refractivity contribution is 4.78. The molecule has 3 atom stereocenters. The van der Waals surface area contributed by atoms with E-state index in [-0.39, 0.29) is 6.10 Å². The summed E-state index contributed by atoms with van der Waals surface area (Å²) in [7, 11) is 0. The zero-order valence-corrected chi connectivity index (χ0v) is 7.88. The van der Waals surface area contributed by atoms with Crippen molar-refractivity contribution < 1.29 is 5.11 Å². The summed E-state index contributed by atoms with van der Waals surface area (Å²) in [6.07, 6.45) is 3.52. The number of aliphatic hydroxyl groups excluding tert-OH is 1. The van der Waals surface area contributed by atoms with Gasteiger partial charge < -0.3 is 5.11 Å². The van der Waals surface area contributed by atoms with Crippen molar-refractivity contribution in [2.75, 3.05) is 0 Å². The van der Waals surface area contributed by atoms with E-state index in [4.69, 9.17) is 0 Å². The molecule has 0 heterocycles. The molecule has 1 fully saturated rings. The van der Waals surface area contributed by atoms with Crippen LogP contribution in [0.2, 0.25) is 0 Å². The average molecular weight is 156 g/mol. The molecule has 0 saturated heterocycles. The van der Waals surface area contributed by atoms with Crippen LogP contribution in [0.4, 0.5) is 0 Å². The van der Waals surface area contributed by atoms with Crippen LogP contribution < -0.4 is 0 Å². The number of rotatable bonds is 1. The Morgan fingerprint density at radius 2 is 1.91 bits per heavy atom. The molecule has 1 rings (SSSR count). The molecule has 0 bridgehead atoms. The van der Waals surface area contributed by atoms with Gasteiger partial charge in [-0.25, -0.2) is 0 Å². The molecule has 0 aromatic carbocycles. The van der Waals surface area contributed by atoms with E-state index in [1.54, 1.807) is 0 Å². The van der Waals surface area contributed by atoms with Crippen LogP contribution in [0.5, 0.6) is 0 Å². The largest absolute Gasteiger partial charge is 0.393 e. The Bertz CT molecular complexity index is 120. The van der Waals surface area contributed by atoms with Crippen molar-refractivity contribution in [3.8, 4) is 0 Å². The van der Waals surface area contributed by atoms with Gasteiger partial charge >= 0.3 is 0 Å². The highest BCUT2D eigenvalue weighted by atomic mass is 16.3. The Hall–Kier alpha value is -0.0400. The van der Waals surface area contributed by atoms with Gasteiger partial charge in [0.1, 0.15) is 0 Å². The predicted molar refractivity (Wildman–Crippen MR) is 47.3 cm³/mol. The predicted octanol–water partition coefficient (Wildman–Crippen LogP) is 2.44. The molecule has 0 aromatic rings. The maximum absolute atomic E-state index is 9.60. The maximum Gasteiger partial charge on any atom is 0.0568 e.